The monoisotopic (exact) mass is 293 g/mol. The van der Waals surface area contributed by atoms with E-state index in [4.69, 9.17) is 11.6 Å². The van der Waals surface area contributed by atoms with E-state index in [9.17, 15) is 0 Å². The van der Waals surface area contributed by atoms with Crippen molar-refractivity contribution in [1.82, 2.24) is 19.9 Å². The van der Waals surface area contributed by atoms with Crippen molar-refractivity contribution < 1.29 is 0 Å². The van der Waals surface area contributed by atoms with Gasteiger partial charge in [-0.25, -0.2) is 4.98 Å². The molecule has 0 aromatic carbocycles. The number of aromatic amines is 1. The number of aromatic nitrogens is 4. The number of rotatable bonds is 4. The summed E-state index contributed by atoms with van der Waals surface area (Å²) in [4.78, 5) is 16.7. The highest BCUT2D eigenvalue weighted by molar-refractivity contribution is 7.10. The van der Waals surface area contributed by atoms with E-state index in [2.05, 4.69) is 43.6 Å². The number of imidazole rings is 1. The average Bonchev–Trinajstić information content (AvgIpc) is 3.05. The van der Waals surface area contributed by atoms with Gasteiger partial charge < -0.3 is 10.3 Å². The van der Waals surface area contributed by atoms with Crippen molar-refractivity contribution >= 4 is 39.9 Å². The molecule has 7 heteroatoms. The summed E-state index contributed by atoms with van der Waals surface area (Å²) in [5.74, 6) is 0.688. The Bertz CT molecular complexity index is 679. The van der Waals surface area contributed by atoms with Crippen LogP contribution in [-0.4, -0.2) is 19.9 Å². The second-order valence-corrected chi connectivity index (χ2v) is 5.38. The third-order valence-corrected chi connectivity index (χ3v) is 4.02. The molecule has 0 saturated heterocycles. The maximum absolute atomic E-state index is 5.92. The molecule has 0 spiro atoms. The predicted molar refractivity (Wildman–Crippen MR) is 77.7 cm³/mol. The molecule has 3 rings (SSSR count). The molecule has 0 aliphatic carbocycles. The van der Waals surface area contributed by atoms with Gasteiger partial charge in [0.1, 0.15) is 5.52 Å². The van der Waals surface area contributed by atoms with Crippen LogP contribution < -0.4 is 5.32 Å². The topological polar surface area (TPSA) is 66.5 Å². The quantitative estimate of drug-likeness (QED) is 0.721. The highest BCUT2D eigenvalue weighted by Crippen LogP contribution is 2.28. The Hall–Kier alpha value is -1.66. The first kappa shape index (κ1) is 12.4. The number of nitrogens with one attached hydrogen (secondary N) is 2. The van der Waals surface area contributed by atoms with Gasteiger partial charge in [-0.1, -0.05) is 13.0 Å². The molecule has 3 heterocycles. The first-order valence-electron chi connectivity index (χ1n) is 5.94. The Labute approximate surface area is 119 Å². The number of hydrogen-bond acceptors (Lipinski definition) is 5. The van der Waals surface area contributed by atoms with E-state index in [1.807, 2.05) is 6.07 Å². The third-order valence-electron chi connectivity index (χ3n) is 2.86. The zero-order valence-corrected chi connectivity index (χ0v) is 11.8. The molecule has 0 aliphatic heterocycles. The van der Waals surface area contributed by atoms with Gasteiger partial charge >= 0.3 is 0 Å². The minimum atomic E-state index is 0.197. The highest BCUT2D eigenvalue weighted by Gasteiger charge is 2.15. The van der Waals surface area contributed by atoms with Crippen molar-refractivity contribution in [2.75, 3.05) is 5.32 Å². The maximum atomic E-state index is 5.92. The largest absolute Gasteiger partial charge is 0.361 e. The van der Waals surface area contributed by atoms with Gasteiger partial charge in [0.25, 0.3) is 0 Å². The number of hydrogen-bond donors (Lipinski definition) is 2. The Kier molecular flexibility index (Phi) is 3.35. The van der Waals surface area contributed by atoms with Gasteiger partial charge in [-0.2, -0.15) is 9.97 Å². The fourth-order valence-corrected chi connectivity index (χ4v) is 2.97. The molecule has 1 atom stereocenters. The van der Waals surface area contributed by atoms with Crippen LogP contribution in [0.25, 0.3) is 11.2 Å². The molecule has 0 saturated carbocycles. The summed E-state index contributed by atoms with van der Waals surface area (Å²) >= 11 is 7.64. The minimum Gasteiger partial charge on any atom is -0.361 e. The molecule has 1 unspecified atom stereocenters. The van der Waals surface area contributed by atoms with Gasteiger partial charge in [-0.15, -0.1) is 11.3 Å². The Morgan fingerprint density at radius 1 is 1.47 bits per heavy atom. The maximum Gasteiger partial charge on any atom is 0.226 e. The summed E-state index contributed by atoms with van der Waals surface area (Å²) in [6, 6.07) is 4.36. The lowest BCUT2D eigenvalue weighted by Gasteiger charge is -2.16. The van der Waals surface area contributed by atoms with Crippen molar-refractivity contribution in [1.29, 1.82) is 0 Å². The minimum absolute atomic E-state index is 0.197. The highest BCUT2D eigenvalue weighted by atomic mass is 35.5. The van der Waals surface area contributed by atoms with Crippen LogP contribution in [-0.2, 0) is 0 Å². The van der Waals surface area contributed by atoms with Gasteiger partial charge in [-0.05, 0) is 29.5 Å². The fourth-order valence-electron chi connectivity index (χ4n) is 1.94. The van der Waals surface area contributed by atoms with E-state index in [1.54, 1.807) is 17.7 Å². The summed E-state index contributed by atoms with van der Waals surface area (Å²) < 4.78 is 0. The van der Waals surface area contributed by atoms with Gasteiger partial charge in [0.05, 0.1) is 12.4 Å². The van der Waals surface area contributed by atoms with E-state index in [0.717, 1.165) is 11.9 Å². The summed E-state index contributed by atoms with van der Waals surface area (Å²) in [5.41, 5.74) is 1.35. The molecule has 0 amide bonds. The molecule has 0 bridgehead atoms. The molecule has 3 aromatic heterocycles. The summed E-state index contributed by atoms with van der Waals surface area (Å²) in [7, 11) is 0. The van der Waals surface area contributed by atoms with Crippen molar-refractivity contribution in [2.45, 2.75) is 19.4 Å². The van der Waals surface area contributed by atoms with E-state index >= 15 is 0 Å². The number of nitrogens with zero attached hydrogens (tertiary/aromatic N) is 3. The number of H-pyrrole nitrogens is 1. The first-order chi connectivity index (χ1) is 9.28. The molecular weight excluding hydrogens is 282 g/mol. The normalized spacial score (nSPS) is 12.7. The van der Waals surface area contributed by atoms with Crippen LogP contribution >= 0.6 is 22.9 Å². The van der Waals surface area contributed by atoms with Gasteiger partial charge in [-0.3, -0.25) is 0 Å². The van der Waals surface area contributed by atoms with Gasteiger partial charge in [0.15, 0.2) is 11.5 Å². The van der Waals surface area contributed by atoms with E-state index < -0.39 is 0 Å². The van der Waals surface area contributed by atoms with Crippen molar-refractivity contribution in [3.63, 3.8) is 0 Å². The molecule has 5 nitrogen and oxygen atoms in total. The van der Waals surface area contributed by atoms with Crippen LogP contribution in [0.1, 0.15) is 24.3 Å². The molecule has 0 fully saturated rings. The summed E-state index contributed by atoms with van der Waals surface area (Å²) in [6.45, 7) is 2.13. The Morgan fingerprint density at radius 3 is 3.11 bits per heavy atom. The van der Waals surface area contributed by atoms with Gasteiger partial charge in [0.2, 0.25) is 5.28 Å². The second-order valence-electron chi connectivity index (χ2n) is 4.06. The average molecular weight is 294 g/mol. The first-order valence-corrected chi connectivity index (χ1v) is 7.20. The lowest BCUT2D eigenvalue weighted by atomic mass is 10.2. The van der Waals surface area contributed by atoms with Crippen molar-refractivity contribution in [2.24, 2.45) is 0 Å². The molecule has 19 heavy (non-hydrogen) atoms. The number of fused-ring (bicyclic) bond motifs is 1. The van der Waals surface area contributed by atoms with Gasteiger partial charge in [0, 0.05) is 4.88 Å². The lowest BCUT2D eigenvalue weighted by molar-refractivity contribution is 0.759. The summed E-state index contributed by atoms with van der Waals surface area (Å²) in [6.07, 6.45) is 2.55. The Balaban J connectivity index is 1.98. The van der Waals surface area contributed by atoms with Crippen LogP contribution in [0.2, 0.25) is 5.28 Å². The molecule has 0 aliphatic rings. The molecular formula is C12H12ClN5S. The molecule has 2 N–H and O–H groups in total. The third kappa shape index (κ3) is 2.41. The van der Waals surface area contributed by atoms with E-state index in [-0.39, 0.29) is 11.3 Å². The van der Waals surface area contributed by atoms with Crippen LogP contribution in [0, 0.1) is 0 Å². The molecule has 0 radical (unpaired) electrons. The SMILES string of the molecule is CCC(Nc1nc(Cl)nc2nc[nH]c12)c1cccs1. The predicted octanol–water partition coefficient (Wildman–Crippen LogP) is 3.63. The number of thiophene rings is 1. The number of anilines is 1. The zero-order valence-electron chi connectivity index (χ0n) is 10.2. The van der Waals surface area contributed by atoms with Crippen LogP contribution in [0.4, 0.5) is 5.82 Å². The van der Waals surface area contributed by atoms with Crippen LogP contribution in [0.15, 0.2) is 23.8 Å². The standard InChI is InChI=1S/C12H12ClN5S/c1-2-7(8-4-3-5-19-8)16-11-9-10(15-6-14-9)17-12(13)18-11/h3-7H,2H2,1H3,(H2,14,15,16,17,18). The van der Waals surface area contributed by atoms with Crippen molar-refractivity contribution in [3.05, 3.63) is 34.0 Å². The van der Waals surface area contributed by atoms with Crippen molar-refractivity contribution in [3.8, 4) is 0 Å². The van der Waals surface area contributed by atoms with E-state index in [0.29, 0.717) is 11.5 Å². The Morgan fingerprint density at radius 2 is 2.37 bits per heavy atom. The second kappa shape index (κ2) is 5.14. The van der Waals surface area contributed by atoms with Crippen LogP contribution in [0.3, 0.4) is 0 Å². The summed E-state index contributed by atoms with van der Waals surface area (Å²) in [5, 5.41) is 5.67. The fraction of sp³-hybridized carbons (Fsp3) is 0.250. The molecule has 98 valence electrons. The van der Waals surface area contributed by atoms with Crippen LogP contribution in [0.5, 0.6) is 0 Å². The number of halogens is 1. The molecule has 3 aromatic rings. The zero-order chi connectivity index (χ0) is 13.2. The smallest absolute Gasteiger partial charge is 0.226 e. The lowest BCUT2D eigenvalue weighted by Crippen LogP contribution is -2.10. The van der Waals surface area contributed by atoms with E-state index in [1.165, 1.54) is 4.88 Å².